The molecule has 0 bridgehead atoms. The average Bonchev–Trinajstić information content (AvgIpc) is 2.54. The fourth-order valence-corrected chi connectivity index (χ4v) is 3.80. The van der Waals surface area contributed by atoms with E-state index in [1.54, 1.807) is 0 Å². The molecule has 162 valence electrons. The molecular weight excluding hydrogens is 352 g/mol. The van der Waals surface area contributed by atoms with Gasteiger partial charge in [-0.05, 0) is 75.0 Å². The fourth-order valence-electron chi connectivity index (χ4n) is 3.80. The topological polar surface area (TPSA) is 74.6 Å². The zero-order valence-electron chi connectivity index (χ0n) is 18.4. The van der Waals surface area contributed by atoms with Gasteiger partial charge in [0.25, 0.3) is 0 Å². The molecule has 0 fully saturated rings. The minimum Gasteiger partial charge on any atom is -0.481 e. The van der Waals surface area contributed by atoms with Crippen LogP contribution in [0.3, 0.4) is 0 Å². The maximum absolute atomic E-state index is 10.7. The first-order valence-electron chi connectivity index (χ1n) is 10.9. The predicted octanol–water partition coefficient (Wildman–Crippen LogP) is 6.71. The fraction of sp³-hybridized carbons (Fsp3) is 0.750. The van der Waals surface area contributed by atoms with Crippen LogP contribution in [0.4, 0.5) is 0 Å². The van der Waals surface area contributed by atoms with E-state index in [0.717, 1.165) is 51.4 Å². The highest BCUT2D eigenvalue weighted by Crippen LogP contribution is 2.20. The summed E-state index contributed by atoms with van der Waals surface area (Å²) in [5.74, 6) is 0.248. The normalized spacial score (nSPS) is 16.3. The van der Waals surface area contributed by atoms with Crippen LogP contribution in [0.15, 0.2) is 24.3 Å². The van der Waals surface area contributed by atoms with Crippen molar-refractivity contribution in [3.05, 3.63) is 24.3 Å². The molecule has 4 unspecified atom stereocenters. The Morgan fingerprint density at radius 3 is 1.25 bits per heavy atom. The van der Waals surface area contributed by atoms with Gasteiger partial charge >= 0.3 is 11.9 Å². The van der Waals surface area contributed by atoms with Gasteiger partial charge in [0.05, 0.1) is 0 Å². The molecule has 0 aromatic rings. The lowest BCUT2D eigenvalue weighted by molar-refractivity contribution is -0.139. The third-order valence-corrected chi connectivity index (χ3v) is 5.14. The molecule has 28 heavy (non-hydrogen) atoms. The summed E-state index contributed by atoms with van der Waals surface area (Å²) in [6.07, 6.45) is 18.0. The third-order valence-electron chi connectivity index (χ3n) is 5.14. The highest BCUT2D eigenvalue weighted by molar-refractivity contribution is 5.67. The van der Waals surface area contributed by atoms with Crippen molar-refractivity contribution in [2.45, 2.75) is 91.9 Å². The zero-order valence-corrected chi connectivity index (χ0v) is 18.4. The molecule has 0 radical (unpaired) electrons. The molecule has 0 aliphatic heterocycles. The third kappa shape index (κ3) is 17.8. The molecule has 0 aliphatic rings. The molecule has 2 N–H and O–H groups in total. The van der Waals surface area contributed by atoms with Crippen molar-refractivity contribution in [2.75, 3.05) is 0 Å². The molecule has 4 heteroatoms. The summed E-state index contributed by atoms with van der Waals surface area (Å²) in [4.78, 5) is 21.4. The van der Waals surface area contributed by atoms with Gasteiger partial charge < -0.3 is 10.2 Å². The van der Waals surface area contributed by atoms with Crippen LogP contribution >= 0.6 is 0 Å². The maximum Gasteiger partial charge on any atom is 0.303 e. The van der Waals surface area contributed by atoms with Crippen LogP contribution < -0.4 is 0 Å². The molecule has 4 atom stereocenters. The van der Waals surface area contributed by atoms with E-state index in [9.17, 15) is 9.59 Å². The van der Waals surface area contributed by atoms with Crippen LogP contribution in [0.1, 0.15) is 91.9 Å². The van der Waals surface area contributed by atoms with Gasteiger partial charge in [0, 0.05) is 12.8 Å². The minimum absolute atomic E-state index is 0.254. The predicted molar refractivity (Wildman–Crippen MR) is 116 cm³/mol. The molecule has 0 saturated heterocycles. The van der Waals surface area contributed by atoms with Crippen molar-refractivity contribution >= 4 is 11.9 Å². The van der Waals surface area contributed by atoms with Crippen molar-refractivity contribution in [3.63, 3.8) is 0 Å². The molecule has 0 saturated carbocycles. The Hall–Kier alpha value is -1.58. The first kappa shape index (κ1) is 26.4. The highest BCUT2D eigenvalue weighted by atomic mass is 16.4. The van der Waals surface area contributed by atoms with Gasteiger partial charge in [-0.25, -0.2) is 0 Å². The first-order chi connectivity index (χ1) is 13.2. The van der Waals surface area contributed by atoms with E-state index in [4.69, 9.17) is 10.2 Å². The largest absolute Gasteiger partial charge is 0.481 e. The summed E-state index contributed by atoms with van der Waals surface area (Å²) >= 11 is 0. The molecule has 4 nitrogen and oxygen atoms in total. The number of allylic oxidation sites excluding steroid dienone is 4. The van der Waals surface area contributed by atoms with Crippen LogP contribution in [0.25, 0.3) is 0 Å². The quantitative estimate of drug-likeness (QED) is 0.212. The number of aliphatic carboxylic acids is 2. The molecule has 0 rings (SSSR count). The van der Waals surface area contributed by atoms with E-state index in [-0.39, 0.29) is 24.7 Å². The number of carboxylic acids is 2. The number of carbonyl (C=O) groups is 2. The minimum atomic E-state index is -0.699. The monoisotopic (exact) mass is 394 g/mol. The van der Waals surface area contributed by atoms with Crippen molar-refractivity contribution in [1.29, 1.82) is 0 Å². The lowest BCUT2D eigenvalue weighted by Crippen LogP contribution is -2.08. The summed E-state index contributed by atoms with van der Waals surface area (Å²) in [6.45, 7) is 8.45. The van der Waals surface area contributed by atoms with E-state index in [0.29, 0.717) is 11.8 Å². The number of rotatable bonds is 17. The summed E-state index contributed by atoms with van der Waals surface area (Å²) in [7, 11) is 0. The summed E-state index contributed by atoms with van der Waals surface area (Å²) < 4.78 is 0. The Labute approximate surface area is 172 Å². The second-order valence-corrected chi connectivity index (χ2v) is 8.76. The van der Waals surface area contributed by atoms with Gasteiger partial charge in [-0.3, -0.25) is 9.59 Å². The van der Waals surface area contributed by atoms with Crippen molar-refractivity contribution in [1.82, 2.24) is 0 Å². The standard InChI is InChI=1S/C24H42O4/c1-19(15-21(3)17-23(25)26)13-11-9-7-5-6-8-10-12-14-20(2)16-22(4)18-24(27)28/h7-10,19-22H,5-6,11-18H2,1-4H3,(H,25,26)(H,27,28). The Kier molecular flexibility index (Phi) is 15.5. The Bertz CT molecular complexity index is 437. The molecule has 0 heterocycles. The van der Waals surface area contributed by atoms with Gasteiger partial charge in [0.15, 0.2) is 0 Å². The Morgan fingerprint density at radius 1 is 0.607 bits per heavy atom. The summed E-state index contributed by atoms with van der Waals surface area (Å²) in [5, 5.41) is 17.6. The van der Waals surface area contributed by atoms with Crippen LogP contribution in [-0.4, -0.2) is 22.2 Å². The van der Waals surface area contributed by atoms with Crippen molar-refractivity contribution in [2.24, 2.45) is 23.7 Å². The van der Waals surface area contributed by atoms with E-state index in [1.807, 2.05) is 13.8 Å². The van der Waals surface area contributed by atoms with Crippen LogP contribution in [-0.2, 0) is 9.59 Å². The molecule has 0 aliphatic carbocycles. The average molecular weight is 395 g/mol. The molecule has 0 aromatic carbocycles. The van der Waals surface area contributed by atoms with Crippen LogP contribution in [0.2, 0.25) is 0 Å². The molecule has 0 spiro atoms. The van der Waals surface area contributed by atoms with E-state index in [1.165, 1.54) is 0 Å². The van der Waals surface area contributed by atoms with Gasteiger partial charge in [-0.1, -0.05) is 52.0 Å². The Morgan fingerprint density at radius 2 is 0.929 bits per heavy atom. The van der Waals surface area contributed by atoms with E-state index < -0.39 is 11.9 Å². The lowest BCUT2D eigenvalue weighted by atomic mass is 9.91. The number of hydrogen-bond acceptors (Lipinski definition) is 2. The smallest absolute Gasteiger partial charge is 0.303 e. The van der Waals surface area contributed by atoms with E-state index >= 15 is 0 Å². The highest BCUT2D eigenvalue weighted by Gasteiger charge is 2.12. The Balaban J connectivity index is 3.68. The number of unbranched alkanes of at least 4 members (excludes halogenated alkanes) is 1. The molecule has 0 aromatic heterocycles. The second kappa shape index (κ2) is 16.4. The van der Waals surface area contributed by atoms with Gasteiger partial charge in [-0.2, -0.15) is 0 Å². The van der Waals surface area contributed by atoms with Gasteiger partial charge in [-0.15, -0.1) is 0 Å². The number of carboxylic acid groups (broad SMARTS) is 2. The molecule has 0 amide bonds. The second-order valence-electron chi connectivity index (χ2n) is 8.76. The van der Waals surface area contributed by atoms with Crippen LogP contribution in [0, 0.1) is 23.7 Å². The van der Waals surface area contributed by atoms with Gasteiger partial charge in [0.2, 0.25) is 0 Å². The van der Waals surface area contributed by atoms with Gasteiger partial charge in [0.1, 0.15) is 0 Å². The zero-order chi connectivity index (χ0) is 21.4. The molecular formula is C24H42O4. The lowest BCUT2D eigenvalue weighted by Gasteiger charge is -2.14. The summed E-state index contributed by atoms with van der Waals surface area (Å²) in [6, 6.07) is 0. The SMILES string of the molecule is CC(CCC=CCCC=CCCC(C)CC(C)CC(=O)O)CC(C)CC(=O)O. The number of hydrogen-bond donors (Lipinski definition) is 2. The van der Waals surface area contributed by atoms with Crippen molar-refractivity contribution in [3.8, 4) is 0 Å². The maximum atomic E-state index is 10.7. The first-order valence-corrected chi connectivity index (χ1v) is 10.9. The summed E-state index contributed by atoms with van der Waals surface area (Å²) in [5.41, 5.74) is 0. The van der Waals surface area contributed by atoms with Crippen LogP contribution in [0.5, 0.6) is 0 Å². The van der Waals surface area contributed by atoms with E-state index in [2.05, 4.69) is 38.2 Å². The van der Waals surface area contributed by atoms with Crippen molar-refractivity contribution < 1.29 is 19.8 Å².